The number of benzene rings is 1. The quantitative estimate of drug-likeness (QED) is 0.491. The fourth-order valence-electron chi connectivity index (χ4n) is 0.956. The molecule has 74 valence electrons. The van der Waals surface area contributed by atoms with Crippen LogP contribution in [-0.4, -0.2) is 11.7 Å². The normalized spacial score (nSPS) is 9.57. The Kier molecular flexibility index (Phi) is 13.5. The summed E-state index contributed by atoms with van der Waals surface area (Å²) < 4.78 is 0. The predicted molar refractivity (Wildman–Crippen MR) is 66.6 cm³/mol. The summed E-state index contributed by atoms with van der Waals surface area (Å²) in [6, 6.07) is 10.0. The van der Waals surface area contributed by atoms with Crippen molar-refractivity contribution in [3.05, 3.63) is 46.9 Å². The van der Waals surface area contributed by atoms with E-state index in [9.17, 15) is 0 Å². The summed E-state index contributed by atoms with van der Waals surface area (Å²) in [5, 5.41) is 8.62. The first-order valence-corrected chi connectivity index (χ1v) is 5.47. The van der Waals surface area contributed by atoms with Gasteiger partial charge in [0.1, 0.15) is 0 Å². The summed E-state index contributed by atoms with van der Waals surface area (Å²) in [4.78, 5) is 3.22. The topological polar surface area (TPSA) is 20.2 Å². The van der Waals surface area contributed by atoms with Crippen molar-refractivity contribution in [2.24, 2.45) is 0 Å². The minimum atomic E-state index is 0. The van der Waals surface area contributed by atoms with E-state index >= 15 is 0 Å². The van der Waals surface area contributed by atoms with Crippen molar-refractivity contribution in [2.75, 3.05) is 6.61 Å². The van der Waals surface area contributed by atoms with Crippen molar-refractivity contribution in [1.82, 2.24) is 0 Å². The molecule has 0 spiro atoms. The van der Waals surface area contributed by atoms with Crippen LogP contribution in [0.3, 0.4) is 0 Å². The van der Waals surface area contributed by atoms with Crippen LogP contribution >= 0.6 is 22.6 Å². The van der Waals surface area contributed by atoms with E-state index in [1.807, 2.05) is 59.8 Å². The van der Waals surface area contributed by atoms with E-state index in [0.29, 0.717) is 0 Å². The number of aliphatic hydroxyl groups is 1. The largest absolute Gasteiger partial charge is 0.392 e. The Morgan fingerprint density at radius 2 is 1.86 bits per heavy atom. The maximum Gasteiger partial charge on any atom is 0.0618 e. The summed E-state index contributed by atoms with van der Waals surface area (Å²) >= 11 is 1.90. The molecule has 1 nitrogen and oxygen atoms in total. The van der Waals surface area contributed by atoms with Gasteiger partial charge in [0.2, 0.25) is 0 Å². The molecule has 0 bridgehead atoms. The Bertz CT molecular complexity index is 247. The summed E-state index contributed by atoms with van der Waals surface area (Å²) in [5.41, 5.74) is 2.29. The van der Waals surface area contributed by atoms with Crippen LogP contribution in [-0.2, 0) is 19.5 Å². The van der Waals surface area contributed by atoms with E-state index in [2.05, 4.69) is 4.93 Å². The molecule has 0 aliphatic rings. The van der Waals surface area contributed by atoms with Gasteiger partial charge in [-0.05, 0) is 18.1 Å². The average Bonchev–Trinajstić information content (AvgIpc) is 2.23. The molecule has 1 aromatic rings. The molecule has 1 rings (SSSR count). The first kappa shape index (κ1) is 16.7. The zero-order valence-electron chi connectivity index (χ0n) is 8.41. The first-order chi connectivity index (χ1) is 6.34. The SMILES string of the molecule is C/C(=C/CO)c1ccccc1.[CH2-]I.[Zn]. The van der Waals surface area contributed by atoms with Gasteiger partial charge in [0.15, 0.2) is 0 Å². The number of hydrogen-bond donors (Lipinski definition) is 1. The monoisotopic (exact) mass is 353 g/mol. The second-order valence-electron chi connectivity index (χ2n) is 2.44. The zero-order valence-corrected chi connectivity index (χ0v) is 13.5. The Labute approximate surface area is 113 Å². The van der Waals surface area contributed by atoms with Crippen LogP contribution in [0.4, 0.5) is 0 Å². The number of hydrogen-bond acceptors (Lipinski definition) is 1. The Balaban J connectivity index is 0. The van der Waals surface area contributed by atoms with E-state index in [4.69, 9.17) is 5.11 Å². The van der Waals surface area contributed by atoms with Gasteiger partial charge in [-0.1, -0.05) is 36.4 Å². The van der Waals surface area contributed by atoms with Crippen LogP contribution in [0.1, 0.15) is 12.5 Å². The standard InChI is InChI=1S/C10H12O.CH2I.Zn/c1-9(7-8-11)10-5-3-2-4-6-10;1-2;/h2-7,11H,8H2,1H3;1H2;/q;-1;/b9-7-;;. The Hall–Kier alpha value is 0.273. The second-order valence-corrected chi connectivity index (χ2v) is 2.44. The molecule has 1 aromatic carbocycles. The molecule has 0 unspecified atom stereocenters. The summed E-state index contributed by atoms with van der Waals surface area (Å²) in [5.74, 6) is 0. The summed E-state index contributed by atoms with van der Waals surface area (Å²) in [6.07, 6.45) is 1.80. The van der Waals surface area contributed by atoms with Crippen molar-refractivity contribution >= 4 is 28.2 Å². The molecule has 0 saturated carbocycles. The summed E-state index contributed by atoms with van der Waals surface area (Å²) in [6.45, 7) is 2.10. The molecular weight excluding hydrogens is 340 g/mol. The molecule has 3 heteroatoms. The van der Waals surface area contributed by atoms with Crippen molar-refractivity contribution in [3.63, 3.8) is 0 Å². The van der Waals surface area contributed by atoms with Gasteiger partial charge < -0.3 is 27.7 Å². The Morgan fingerprint density at radius 3 is 2.29 bits per heavy atom. The van der Waals surface area contributed by atoms with Crippen LogP contribution in [0.25, 0.3) is 5.57 Å². The molecule has 0 atom stereocenters. The van der Waals surface area contributed by atoms with Crippen LogP contribution in [0, 0.1) is 4.93 Å². The van der Waals surface area contributed by atoms with E-state index < -0.39 is 0 Å². The fourth-order valence-corrected chi connectivity index (χ4v) is 0.956. The number of aliphatic hydroxyl groups excluding tert-OH is 1. The van der Waals surface area contributed by atoms with Gasteiger partial charge in [-0.3, -0.25) is 4.93 Å². The molecular formula is C11H14IOZn-. The van der Waals surface area contributed by atoms with Gasteiger partial charge in [-0.2, -0.15) is 0 Å². The van der Waals surface area contributed by atoms with Gasteiger partial charge in [-0.25, -0.2) is 0 Å². The zero-order chi connectivity index (χ0) is 10.1. The van der Waals surface area contributed by atoms with Crippen LogP contribution in [0.15, 0.2) is 36.4 Å². The van der Waals surface area contributed by atoms with Gasteiger partial charge in [-0.15, -0.1) is 0 Å². The smallest absolute Gasteiger partial charge is 0.0618 e. The third-order valence-corrected chi connectivity index (χ3v) is 1.63. The molecule has 0 fully saturated rings. The van der Waals surface area contributed by atoms with Crippen molar-refractivity contribution < 1.29 is 24.6 Å². The molecule has 0 aliphatic heterocycles. The number of halogens is 1. The van der Waals surface area contributed by atoms with Crippen LogP contribution in [0.2, 0.25) is 0 Å². The minimum absolute atomic E-state index is 0. The van der Waals surface area contributed by atoms with Crippen molar-refractivity contribution in [3.8, 4) is 0 Å². The molecule has 0 radical (unpaired) electrons. The minimum Gasteiger partial charge on any atom is -0.392 e. The van der Waals surface area contributed by atoms with Crippen LogP contribution in [0.5, 0.6) is 0 Å². The summed E-state index contributed by atoms with van der Waals surface area (Å²) in [7, 11) is 0. The van der Waals surface area contributed by atoms with E-state index in [1.165, 1.54) is 5.56 Å². The molecule has 0 amide bonds. The third-order valence-electron chi connectivity index (χ3n) is 1.63. The molecule has 14 heavy (non-hydrogen) atoms. The second kappa shape index (κ2) is 11.3. The van der Waals surface area contributed by atoms with E-state index in [-0.39, 0.29) is 26.1 Å². The number of rotatable bonds is 2. The van der Waals surface area contributed by atoms with Crippen molar-refractivity contribution in [1.29, 1.82) is 0 Å². The maximum absolute atomic E-state index is 8.62. The molecule has 0 aromatic heterocycles. The average molecular weight is 355 g/mol. The third kappa shape index (κ3) is 6.69. The maximum atomic E-state index is 8.62. The molecule has 0 saturated heterocycles. The molecule has 0 aliphatic carbocycles. The van der Waals surface area contributed by atoms with Gasteiger partial charge in [0, 0.05) is 19.5 Å². The molecule has 0 heterocycles. The predicted octanol–water partition coefficient (Wildman–Crippen LogP) is 3.29. The first-order valence-electron chi connectivity index (χ1n) is 3.94. The van der Waals surface area contributed by atoms with Gasteiger partial charge in [0.05, 0.1) is 6.61 Å². The van der Waals surface area contributed by atoms with Gasteiger partial charge >= 0.3 is 0 Å². The fraction of sp³-hybridized carbons (Fsp3) is 0.182. The van der Waals surface area contributed by atoms with Crippen molar-refractivity contribution in [2.45, 2.75) is 6.92 Å². The molecule has 1 N–H and O–H groups in total. The van der Waals surface area contributed by atoms with Crippen LogP contribution < -0.4 is 0 Å². The Morgan fingerprint density at radius 1 is 1.36 bits per heavy atom. The van der Waals surface area contributed by atoms with Gasteiger partial charge in [0.25, 0.3) is 0 Å². The van der Waals surface area contributed by atoms with E-state index in [1.54, 1.807) is 6.08 Å². The number of allylic oxidation sites excluding steroid dienone is 1. The van der Waals surface area contributed by atoms with E-state index in [0.717, 1.165) is 5.57 Å².